The van der Waals surface area contributed by atoms with Crippen LogP contribution in [0.3, 0.4) is 0 Å². The van der Waals surface area contributed by atoms with E-state index in [0.717, 1.165) is 56.2 Å². The first-order chi connectivity index (χ1) is 12.8. The number of aromatic nitrogens is 4. The van der Waals surface area contributed by atoms with Crippen LogP contribution in [0.4, 0.5) is 5.82 Å². The second-order valence-electron chi connectivity index (χ2n) is 8.26. The summed E-state index contributed by atoms with van der Waals surface area (Å²) < 4.78 is 8.50. The van der Waals surface area contributed by atoms with Crippen molar-refractivity contribution in [1.29, 1.82) is 0 Å². The predicted molar refractivity (Wildman–Crippen MR) is 99.1 cm³/mol. The SMILES string of the molecule is Cc1ccc(N2Cc3ncn(CC4CC4)c3[C@@H](COCC3CC3)C2)nn1. The molecular formula is C20H27N5O. The monoisotopic (exact) mass is 353 g/mol. The summed E-state index contributed by atoms with van der Waals surface area (Å²) in [6.45, 7) is 6.50. The molecule has 1 atom stereocenters. The molecule has 0 spiro atoms. The number of imidazole rings is 1. The molecule has 2 fully saturated rings. The number of anilines is 1. The molecule has 2 aromatic rings. The summed E-state index contributed by atoms with van der Waals surface area (Å²) in [5.41, 5.74) is 3.52. The molecule has 5 rings (SSSR count). The van der Waals surface area contributed by atoms with E-state index in [4.69, 9.17) is 9.72 Å². The predicted octanol–water partition coefficient (Wildman–Crippen LogP) is 2.92. The summed E-state index contributed by atoms with van der Waals surface area (Å²) in [5, 5.41) is 8.63. The van der Waals surface area contributed by atoms with Crippen molar-refractivity contribution in [2.45, 2.75) is 51.6 Å². The number of aryl methyl sites for hydroxylation is 1. The van der Waals surface area contributed by atoms with Crippen molar-refractivity contribution in [3.8, 4) is 0 Å². The number of ether oxygens (including phenoxy) is 1. The summed E-state index contributed by atoms with van der Waals surface area (Å²) in [6.07, 6.45) is 7.43. The van der Waals surface area contributed by atoms with Gasteiger partial charge in [-0.15, -0.1) is 5.10 Å². The molecule has 2 aliphatic carbocycles. The Bertz CT molecular complexity index is 763. The lowest BCUT2D eigenvalue weighted by molar-refractivity contribution is 0.108. The lowest BCUT2D eigenvalue weighted by Crippen LogP contribution is -2.37. The first-order valence-corrected chi connectivity index (χ1v) is 9.93. The number of nitrogens with zero attached hydrogens (tertiary/aromatic N) is 5. The minimum atomic E-state index is 0.349. The molecule has 6 nitrogen and oxygen atoms in total. The smallest absolute Gasteiger partial charge is 0.151 e. The average Bonchev–Trinajstić information content (AvgIpc) is 3.56. The zero-order valence-electron chi connectivity index (χ0n) is 15.5. The fraction of sp³-hybridized carbons (Fsp3) is 0.650. The first-order valence-electron chi connectivity index (χ1n) is 9.93. The zero-order valence-corrected chi connectivity index (χ0v) is 15.5. The van der Waals surface area contributed by atoms with Crippen molar-refractivity contribution >= 4 is 5.82 Å². The lowest BCUT2D eigenvalue weighted by atomic mass is 9.98. The van der Waals surface area contributed by atoms with E-state index in [2.05, 4.69) is 25.7 Å². The Kier molecular flexibility index (Phi) is 4.15. The molecule has 2 aromatic heterocycles. The van der Waals surface area contributed by atoms with Crippen molar-refractivity contribution in [3.63, 3.8) is 0 Å². The first kappa shape index (κ1) is 16.2. The normalized spacial score (nSPS) is 22.5. The van der Waals surface area contributed by atoms with Gasteiger partial charge in [0.15, 0.2) is 5.82 Å². The molecule has 0 amide bonds. The van der Waals surface area contributed by atoms with Crippen molar-refractivity contribution < 1.29 is 4.74 Å². The number of hydrogen-bond donors (Lipinski definition) is 0. The Morgan fingerprint density at radius 3 is 2.65 bits per heavy atom. The summed E-state index contributed by atoms with van der Waals surface area (Å²) in [6, 6.07) is 4.10. The highest BCUT2D eigenvalue weighted by Gasteiger charge is 2.33. The topological polar surface area (TPSA) is 56.1 Å². The van der Waals surface area contributed by atoms with Gasteiger partial charge in [0.1, 0.15) is 0 Å². The molecule has 0 bridgehead atoms. The largest absolute Gasteiger partial charge is 0.380 e. The highest BCUT2D eigenvalue weighted by molar-refractivity contribution is 5.42. The quantitative estimate of drug-likeness (QED) is 0.766. The molecular weight excluding hydrogens is 326 g/mol. The van der Waals surface area contributed by atoms with Gasteiger partial charge in [-0.25, -0.2) is 4.98 Å². The van der Waals surface area contributed by atoms with E-state index >= 15 is 0 Å². The highest BCUT2D eigenvalue weighted by Crippen LogP contribution is 2.36. The molecule has 1 aliphatic heterocycles. The zero-order chi connectivity index (χ0) is 17.5. The summed E-state index contributed by atoms with van der Waals surface area (Å²) in [5.74, 6) is 2.93. The van der Waals surface area contributed by atoms with Crippen LogP contribution < -0.4 is 4.90 Å². The number of rotatable bonds is 7. The Morgan fingerprint density at radius 1 is 1.08 bits per heavy atom. The van der Waals surface area contributed by atoms with Gasteiger partial charge < -0.3 is 14.2 Å². The summed E-state index contributed by atoms with van der Waals surface area (Å²) in [4.78, 5) is 7.05. The van der Waals surface area contributed by atoms with Crippen molar-refractivity contribution in [2.75, 3.05) is 24.7 Å². The van der Waals surface area contributed by atoms with E-state index < -0.39 is 0 Å². The lowest BCUT2D eigenvalue weighted by Gasteiger charge is -2.33. The van der Waals surface area contributed by atoms with Crippen LogP contribution in [0.15, 0.2) is 18.5 Å². The maximum absolute atomic E-state index is 6.10. The maximum Gasteiger partial charge on any atom is 0.151 e. The molecule has 138 valence electrons. The number of fused-ring (bicyclic) bond motifs is 1. The Morgan fingerprint density at radius 2 is 1.92 bits per heavy atom. The molecule has 6 heteroatoms. The second-order valence-corrected chi connectivity index (χ2v) is 8.26. The van der Waals surface area contributed by atoms with E-state index in [1.54, 1.807) is 0 Å². The average molecular weight is 353 g/mol. The van der Waals surface area contributed by atoms with E-state index in [-0.39, 0.29) is 0 Å². The standard InChI is InChI=1S/C20H27N5O/c1-14-2-7-19(23-22-14)24-9-17(12-26-11-16-5-6-16)20-18(10-24)21-13-25(20)8-15-3-4-15/h2,7,13,15-17H,3-6,8-12H2,1H3/t17-/m1/s1. The van der Waals surface area contributed by atoms with Gasteiger partial charge in [0.2, 0.25) is 0 Å². The third kappa shape index (κ3) is 3.47. The molecule has 0 unspecified atom stereocenters. The van der Waals surface area contributed by atoms with Gasteiger partial charge in [-0.2, -0.15) is 5.10 Å². The summed E-state index contributed by atoms with van der Waals surface area (Å²) in [7, 11) is 0. The van der Waals surface area contributed by atoms with Crippen molar-refractivity contribution in [1.82, 2.24) is 19.7 Å². The Hall–Kier alpha value is -1.95. The molecule has 0 radical (unpaired) electrons. The van der Waals surface area contributed by atoms with Gasteiger partial charge in [-0.1, -0.05) is 0 Å². The van der Waals surface area contributed by atoms with Crippen LogP contribution in [0.5, 0.6) is 0 Å². The van der Waals surface area contributed by atoms with Gasteiger partial charge in [-0.3, -0.25) is 0 Å². The third-order valence-electron chi connectivity index (χ3n) is 5.76. The molecule has 26 heavy (non-hydrogen) atoms. The molecule has 0 saturated heterocycles. The van der Waals surface area contributed by atoms with Crippen LogP contribution in [0.25, 0.3) is 0 Å². The second kappa shape index (κ2) is 6.65. The van der Waals surface area contributed by atoms with Crippen LogP contribution in [0, 0.1) is 18.8 Å². The third-order valence-corrected chi connectivity index (χ3v) is 5.76. The highest BCUT2D eigenvalue weighted by atomic mass is 16.5. The van der Waals surface area contributed by atoms with Crippen LogP contribution in [0.1, 0.15) is 48.7 Å². The van der Waals surface area contributed by atoms with E-state index in [9.17, 15) is 0 Å². The fourth-order valence-corrected chi connectivity index (χ4v) is 3.88. The van der Waals surface area contributed by atoms with Gasteiger partial charge in [-0.05, 0) is 56.6 Å². The van der Waals surface area contributed by atoms with Crippen molar-refractivity contribution in [3.05, 3.63) is 35.5 Å². The van der Waals surface area contributed by atoms with E-state index in [1.807, 2.05) is 19.3 Å². The van der Waals surface area contributed by atoms with Crippen LogP contribution in [0.2, 0.25) is 0 Å². The van der Waals surface area contributed by atoms with Crippen molar-refractivity contribution in [2.24, 2.45) is 11.8 Å². The molecule has 0 aromatic carbocycles. The van der Waals surface area contributed by atoms with Crippen LogP contribution >= 0.6 is 0 Å². The molecule has 0 N–H and O–H groups in total. The van der Waals surface area contributed by atoms with Gasteiger partial charge >= 0.3 is 0 Å². The van der Waals surface area contributed by atoms with E-state index in [0.29, 0.717) is 5.92 Å². The Balaban J connectivity index is 1.38. The van der Waals surface area contributed by atoms with E-state index in [1.165, 1.54) is 37.1 Å². The summed E-state index contributed by atoms with van der Waals surface area (Å²) >= 11 is 0. The fourth-order valence-electron chi connectivity index (χ4n) is 3.88. The van der Waals surface area contributed by atoms with Gasteiger partial charge in [0.25, 0.3) is 0 Å². The van der Waals surface area contributed by atoms with Gasteiger partial charge in [0.05, 0.1) is 30.9 Å². The maximum atomic E-state index is 6.10. The van der Waals surface area contributed by atoms with Crippen LogP contribution in [-0.2, 0) is 17.8 Å². The minimum absolute atomic E-state index is 0.349. The Labute approximate surface area is 154 Å². The molecule has 2 saturated carbocycles. The molecule has 3 aliphatic rings. The minimum Gasteiger partial charge on any atom is -0.380 e. The van der Waals surface area contributed by atoms with Gasteiger partial charge in [0, 0.05) is 31.3 Å². The number of hydrogen-bond acceptors (Lipinski definition) is 5. The van der Waals surface area contributed by atoms with Crippen LogP contribution in [-0.4, -0.2) is 39.5 Å². The molecule has 3 heterocycles.